The van der Waals surface area contributed by atoms with Gasteiger partial charge in [-0.1, -0.05) is 6.07 Å². The van der Waals surface area contributed by atoms with Crippen molar-refractivity contribution in [2.75, 3.05) is 20.2 Å². The maximum absolute atomic E-state index is 5.94. The fourth-order valence-electron chi connectivity index (χ4n) is 1.84. The molecule has 1 saturated heterocycles. The summed E-state index contributed by atoms with van der Waals surface area (Å²) in [6, 6.07) is 5.81. The molecule has 1 aromatic rings. The fraction of sp³-hybridized carbons (Fsp3) is 0.500. The first-order valence-corrected chi connectivity index (χ1v) is 6.30. The third-order valence-corrected chi connectivity index (χ3v) is 3.47. The van der Waals surface area contributed by atoms with Gasteiger partial charge in [-0.2, -0.15) is 0 Å². The molecule has 1 heterocycles. The molecule has 1 atom stereocenters. The minimum absolute atomic E-state index is 0.261. The molecular formula is C12H16BrNO2. The first-order valence-electron chi connectivity index (χ1n) is 5.51. The van der Waals surface area contributed by atoms with E-state index in [2.05, 4.69) is 21.2 Å². The molecule has 1 fully saturated rings. The van der Waals surface area contributed by atoms with Crippen LogP contribution in [0.15, 0.2) is 22.7 Å². The van der Waals surface area contributed by atoms with Crippen LogP contribution < -0.4 is 14.8 Å². The third-order valence-electron chi connectivity index (χ3n) is 2.69. The monoisotopic (exact) mass is 285 g/mol. The lowest BCUT2D eigenvalue weighted by Crippen LogP contribution is -2.37. The Morgan fingerprint density at radius 3 is 2.88 bits per heavy atom. The Labute approximate surface area is 104 Å². The highest BCUT2D eigenvalue weighted by atomic mass is 79.9. The van der Waals surface area contributed by atoms with Gasteiger partial charge < -0.3 is 14.8 Å². The summed E-state index contributed by atoms with van der Waals surface area (Å²) in [6.45, 7) is 2.02. The highest BCUT2D eigenvalue weighted by Crippen LogP contribution is 2.34. The molecule has 0 saturated carbocycles. The van der Waals surface area contributed by atoms with E-state index in [9.17, 15) is 0 Å². The summed E-state index contributed by atoms with van der Waals surface area (Å²) in [4.78, 5) is 0. The second-order valence-electron chi connectivity index (χ2n) is 3.86. The number of piperidine rings is 1. The van der Waals surface area contributed by atoms with Crippen LogP contribution in [-0.2, 0) is 0 Å². The maximum atomic E-state index is 5.94. The van der Waals surface area contributed by atoms with Crippen LogP contribution in [-0.4, -0.2) is 26.3 Å². The first-order chi connectivity index (χ1) is 7.81. The van der Waals surface area contributed by atoms with E-state index < -0.39 is 0 Å². The third kappa shape index (κ3) is 2.68. The number of methoxy groups -OCH3 is 1. The van der Waals surface area contributed by atoms with E-state index in [0.29, 0.717) is 0 Å². The molecule has 0 aliphatic carbocycles. The Balaban J connectivity index is 2.08. The summed E-state index contributed by atoms with van der Waals surface area (Å²) in [6.07, 6.45) is 2.54. The van der Waals surface area contributed by atoms with Crippen LogP contribution in [0.1, 0.15) is 12.8 Å². The lowest BCUT2D eigenvalue weighted by Gasteiger charge is -2.24. The molecule has 3 nitrogen and oxygen atoms in total. The van der Waals surface area contributed by atoms with Gasteiger partial charge in [-0.3, -0.25) is 0 Å². The molecule has 1 aliphatic rings. The van der Waals surface area contributed by atoms with E-state index >= 15 is 0 Å². The van der Waals surface area contributed by atoms with Crippen LogP contribution in [0, 0.1) is 0 Å². The van der Waals surface area contributed by atoms with Crippen molar-refractivity contribution in [3.05, 3.63) is 22.7 Å². The Morgan fingerprint density at radius 1 is 1.38 bits per heavy atom. The molecule has 16 heavy (non-hydrogen) atoms. The van der Waals surface area contributed by atoms with Crippen molar-refractivity contribution in [2.45, 2.75) is 18.9 Å². The zero-order chi connectivity index (χ0) is 11.4. The van der Waals surface area contributed by atoms with E-state index in [-0.39, 0.29) is 6.10 Å². The molecule has 1 unspecified atom stereocenters. The summed E-state index contributed by atoms with van der Waals surface area (Å²) in [5.41, 5.74) is 0. The predicted molar refractivity (Wildman–Crippen MR) is 67.2 cm³/mol. The molecule has 0 amide bonds. The smallest absolute Gasteiger partial charge is 0.137 e. The van der Waals surface area contributed by atoms with Crippen LogP contribution in [0.4, 0.5) is 0 Å². The molecule has 0 aromatic heterocycles. The lowest BCUT2D eigenvalue weighted by atomic mass is 10.1. The van der Waals surface area contributed by atoms with Gasteiger partial charge in [-0.15, -0.1) is 0 Å². The maximum Gasteiger partial charge on any atom is 0.137 e. The first kappa shape index (κ1) is 11.7. The lowest BCUT2D eigenvalue weighted by molar-refractivity contribution is 0.165. The van der Waals surface area contributed by atoms with E-state index in [4.69, 9.17) is 9.47 Å². The van der Waals surface area contributed by atoms with E-state index in [1.807, 2.05) is 18.2 Å². The minimum Gasteiger partial charge on any atom is -0.495 e. The summed E-state index contributed by atoms with van der Waals surface area (Å²) in [5.74, 6) is 1.66. The average molecular weight is 286 g/mol. The number of hydrogen-bond donors (Lipinski definition) is 1. The normalized spacial score (nSPS) is 20.5. The van der Waals surface area contributed by atoms with Gasteiger partial charge in [-0.25, -0.2) is 0 Å². The summed E-state index contributed by atoms with van der Waals surface area (Å²) >= 11 is 3.50. The molecule has 0 bridgehead atoms. The van der Waals surface area contributed by atoms with Crippen LogP contribution in [0.3, 0.4) is 0 Å². The van der Waals surface area contributed by atoms with Gasteiger partial charge in [0.1, 0.15) is 22.1 Å². The van der Waals surface area contributed by atoms with Gasteiger partial charge in [-0.05, 0) is 47.4 Å². The largest absolute Gasteiger partial charge is 0.495 e. The zero-order valence-electron chi connectivity index (χ0n) is 9.33. The zero-order valence-corrected chi connectivity index (χ0v) is 10.9. The second kappa shape index (κ2) is 5.55. The number of nitrogens with one attached hydrogen (secondary N) is 1. The molecule has 1 N–H and O–H groups in total. The van der Waals surface area contributed by atoms with Gasteiger partial charge in [0.25, 0.3) is 0 Å². The quantitative estimate of drug-likeness (QED) is 0.926. The standard InChI is InChI=1S/C12H16BrNO2/c1-15-10-5-2-6-11(12(10)13)16-9-4-3-7-14-8-9/h2,5-6,9,14H,3-4,7-8H2,1H3. The SMILES string of the molecule is COc1cccc(OC2CCCNC2)c1Br. The molecule has 4 heteroatoms. The highest BCUT2D eigenvalue weighted by Gasteiger charge is 2.16. The van der Waals surface area contributed by atoms with Crippen molar-refractivity contribution < 1.29 is 9.47 Å². The van der Waals surface area contributed by atoms with Gasteiger partial charge in [0.2, 0.25) is 0 Å². The second-order valence-corrected chi connectivity index (χ2v) is 4.65. The van der Waals surface area contributed by atoms with Crippen molar-refractivity contribution in [3.8, 4) is 11.5 Å². The Morgan fingerprint density at radius 2 is 2.19 bits per heavy atom. The van der Waals surface area contributed by atoms with Gasteiger partial charge >= 0.3 is 0 Å². The average Bonchev–Trinajstić information content (AvgIpc) is 2.33. The van der Waals surface area contributed by atoms with Gasteiger partial charge in [0.15, 0.2) is 0 Å². The molecule has 0 radical (unpaired) electrons. The summed E-state index contributed by atoms with van der Waals surface area (Å²) in [7, 11) is 1.66. The summed E-state index contributed by atoms with van der Waals surface area (Å²) in [5, 5.41) is 3.33. The minimum atomic E-state index is 0.261. The van der Waals surface area contributed by atoms with E-state index in [0.717, 1.165) is 35.5 Å². The molecule has 1 aromatic carbocycles. The van der Waals surface area contributed by atoms with Crippen molar-refractivity contribution in [1.29, 1.82) is 0 Å². The molecule has 2 rings (SSSR count). The number of halogens is 1. The van der Waals surface area contributed by atoms with Gasteiger partial charge in [0, 0.05) is 6.54 Å². The van der Waals surface area contributed by atoms with Crippen molar-refractivity contribution >= 4 is 15.9 Å². The Hall–Kier alpha value is -0.740. The van der Waals surface area contributed by atoms with Crippen molar-refractivity contribution in [2.24, 2.45) is 0 Å². The number of benzene rings is 1. The van der Waals surface area contributed by atoms with E-state index in [1.165, 1.54) is 6.42 Å². The number of ether oxygens (including phenoxy) is 2. The number of hydrogen-bond acceptors (Lipinski definition) is 3. The Kier molecular flexibility index (Phi) is 4.07. The van der Waals surface area contributed by atoms with Crippen LogP contribution >= 0.6 is 15.9 Å². The van der Waals surface area contributed by atoms with Crippen LogP contribution in [0.5, 0.6) is 11.5 Å². The van der Waals surface area contributed by atoms with E-state index in [1.54, 1.807) is 7.11 Å². The van der Waals surface area contributed by atoms with Gasteiger partial charge in [0.05, 0.1) is 7.11 Å². The molecule has 1 aliphatic heterocycles. The predicted octanol–water partition coefficient (Wildman–Crippen LogP) is 2.59. The fourth-order valence-corrected chi connectivity index (χ4v) is 2.36. The molecular weight excluding hydrogens is 270 g/mol. The summed E-state index contributed by atoms with van der Waals surface area (Å²) < 4.78 is 12.1. The van der Waals surface area contributed by atoms with Crippen LogP contribution in [0.2, 0.25) is 0 Å². The molecule has 0 spiro atoms. The van der Waals surface area contributed by atoms with Crippen molar-refractivity contribution in [3.63, 3.8) is 0 Å². The Bertz CT molecular complexity index is 351. The number of rotatable bonds is 3. The van der Waals surface area contributed by atoms with Crippen molar-refractivity contribution in [1.82, 2.24) is 5.32 Å². The van der Waals surface area contributed by atoms with Crippen LogP contribution in [0.25, 0.3) is 0 Å². The highest BCUT2D eigenvalue weighted by molar-refractivity contribution is 9.10. The topological polar surface area (TPSA) is 30.5 Å². The molecule has 88 valence electrons.